The number of rotatable bonds is 12. The van der Waals surface area contributed by atoms with E-state index in [0.717, 1.165) is 12.1 Å². The molecule has 7 rings (SSSR count). The second-order valence-corrected chi connectivity index (χ2v) is 15.5. The standard InChI is InChI=1S/C41H38ClF6N7O4/c1-40(2,58)13-11-23-5-6-24(25-8-10-28(42)33-36(25)54(3)53-39(33)51-30(56)12-14-59-4)34(49-23)29(17-20-15-21(43)18-22(44)16-20)50-31(57)19-55-37-32(35(52-55)38(45)46)26-7-9-27(26)41(37,47)48/h5-6,8,10,15-16,18,26-27,29,38,58H,7,9,12,14,17,19H2,1-4H3,(H,50,57)(H,51,53,56)/t26-,27+,29?/m0/s1. The molecule has 3 aromatic heterocycles. The van der Waals surface area contributed by atoms with E-state index < -0.39 is 77.2 Å². The summed E-state index contributed by atoms with van der Waals surface area (Å²) >= 11 is 6.70. The molecular weight excluding hydrogens is 804 g/mol. The monoisotopic (exact) mass is 841 g/mol. The first-order valence-electron chi connectivity index (χ1n) is 18.6. The van der Waals surface area contributed by atoms with E-state index in [1.807, 2.05) is 0 Å². The van der Waals surface area contributed by atoms with Crippen LogP contribution in [-0.4, -0.2) is 60.8 Å². The van der Waals surface area contributed by atoms with Crippen molar-refractivity contribution in [2.24, 2.45) is 13.0 Å². The Kier molecular flexibility index (Phi) is 11.3. The second kappa shape index (κ2) is 16.0. The fourth-order valence-electron chi connectivity index (χ4n) is 7.83. The average molecular weight is 842 g/mol. The highest BCUT2D eigenvalue weighted by molar-refractivity contribution is 6.37. The van der Waals surface area contributed by atoms with Crippen LogP contribution >= 0.6 is 11.6 Å². The third-order valence-corrected chi connectivity index (χ3v) is 10.7. The van der Waals surface area contributed by atoms with Crippen LogP contribution in [0.15, 0.2) is 42.5 Å². The number of ether oxygens (including phenoxy) is 1. The largest absolute Gasteiger partial charge is 0.384 e. The van der Waals surface area contributed by atoms with Gasteiger partial charge >= 0.3 is 0 Å². The first-order valence-corrected chi connectivity index (χ1v) is 19.0. The van der Waals surface area contributed by atoms with Gasteiger partial charge in [-0.2, -0.15) is 19.0 Å². The quantitative estimate of drug-likeness (QED) is 0.0875. The number of carbonyl (C=O) groups is 2. The summed E-state index contributed by atoms with van der Waals surface area (Å²) in [5.41, 5.74) is -1.81. The number of nitrogens with zero attached hydrogens (tertiary/aromatic N) is 5. The topological polar surface area (TPSA) is 136 Å². The lowest BCUT2D eigenvalue weighted by Crippen LogP contribution is -2.36. The van der Waals surface area contributed by atoms with Crippen molar-refractivity contribution in [3.63, 3.8) is 0 Å². The number of methoxy groups -OCH3 is 1. The van der Waals surface area contributed by atoms with Crippen LogP contribution in [0.4, 0.5) is 32.2 Å². The lowest BCUT2D eigenvalue weighted by atomic mass is 9.73. The van der Waals surface area contributed by atoms with E-state index in [0.29, 0.717) is 32.8 Å². The number of benzene rings is 2. The van der Waals surface area contributed by atoms with Crippen LogP contribution in [0, 0.1) is 29.4 Å². The van der Waals surface area contributed by atoms with Crippen molar-refractivity contribution in [1.82, 2.24) is 29.9 Å². The molecule has 0 bridgehead atoms. The van der Waals surface area contributed by atoms with Crippen molar-refractivity contribution in [2.45, 2.75) is 76.0 Å². The van der Waals surface area contributed by atoms with Gasteiger partial charge in [-0.05, 0) is 80.8 Å². The van der Waals surface area contributed by atoms with E-state index in [2.05, 4.69) is 32.7 Å². The highest BCUT2D eigenvalue weighted by Gasteiger charge is 2.62. The number of hydrogen-bond acceptors (Lipinski definition) is 7. The van der Waals surface area contributed by atoms with Crippen molar-refractivity contribution in [3.8, 4) is 23.0 Å². The first kappa shape index (κ1) is 41.7. The molecule has 0 aliphatic heterocycles. The number of carbonyl (C=O) groups excluding carboxylic acids is 2. The molecule has 11 nitrogen and oxygen atoms in total. The number of aryl methyl sites for hydroxylation is 1. The van der Waals surface area contributed by atoms with E-state index in [1.54, 1.807) is 25.2 Å². The van der Waals surface area contributed by atoms with E-state index >= 15 is 8.78 Å². The van der Waals surface area contributed by atoms with Gasteiger partial charge in [0, 0.05) is 42.8 Å². The van der Waals surface area contributed by atoms with Crippen LogP contribution in [-0.2, 0) is 40.3 Å². The third kappa shape index (κ3) is 8.26. The molecule has 0 radical (unpaired) electrons. The van der Waals surface area contributed by atoms with Crippen molar-refractivity contribution in [2.75, 3.05) is 19.0 Å². The van der Waals surface area contributed by atoms with Crippen LogP contribution in [0.3, 0.4) is 0 Å². The van der Waals surface area contributed by atoms with E-state index in [9.17, 15) is 32.3 Å². The molecule has 3 atom stereocenters. The molecule has 0 spiro atoms. The van der Waals surface area contributed by atoms with Gasteiger partial charge in [0.25, 0.3) is 12.3 Å². The van der Waals surface area contributed by atoms with Gasteiger partial charge in [0.05, 0.1) is 40.7 Å². The van der Waals surface area contributed by atoms with Crippen LogP contribution in [0.5, 0.6) is 0 Å². The van der Waals surface area contributed by atoms with Gasteiger partial charge in [0.15, 0.2) is 5.82 Å². The first-order chi connectivity index (χ1) is 27.9. The minimum atomic E-state index is -3.51. The molecule has 59 heavy (non-hydrogen) atoms. The number of amides is 2. The number of fused-ring (bicyclic) bond motifs is 4. The highest BCUT2D eigenvalue weighted by Crippen LogP contribution is 2.63. The number of anilines is 1. The Bertz CT molecular complexity index is 2520. The minimum absolute atomic E-state index is 0.0265. The van der Waals surface area contributed by atoms with Crippen LogP contribution in [0.2, 0.25) is 5.02 Å². The Morgan fingerprint density at radius 2 is 1.76 bits per heavy atom. The van der Waals surface area contributed by atoms with E-state index in [4.69, 9.17) is 21.3 Å². The molecule has 0 saturated heterocycles. The average Bonchev–Trinajstić information content (AvgIpc) is 3.70. The summed E-state index contributed by atoms with van der Waals surface area (Å²) < 4.78 is 96.0. The Labute approximate surface area is 339 Å². The predicted molar refractivity (Wildman–Crippen MR) is 205 cm³/mol. The van der Waals surface area contributed by atoms with Crippen molar-refractivity contribution in [3.05, 3.63) is 93.0 Å². The number of alkyl halides is 4. The normalized spacial score (nSPS) is 17.2. The lowest BCUT2D eigenvalue weighted by molar-refractivity contribution is -0.123. The zero-order chi connectivity index (χ0) is 42.6. The number of aromatic nitrogens is 5. The molecule has 2 aromatic carbocycles. The van der Waals surface area contributed by atoms with Gasteiger partial charge in [-0.3, -0.25) is 19.0 Å². The SMILES string of the molecule is COCCC(=O)Nc1nn(C)c2c(-c3ccc(C#CC(C)(C)O)nc3C(Cc3cc(F)cc(F)c3)NC(=O)Cn3nc(C(F)F)c4c3C(F)(F)[C@@H]3CC[C@H]43)ccc(Cl)c12. The minimum Gasteiger partial charge on any atom is -0.384 e. The van der Waals surface area contributed by atoms with Crippen LogP contribution < -0.4 is 10.6 Å². The summed E-state index contributed by atoms with van der Waals surface area (Å²) in [5.74, 6) is -3.08. The second-order valence-electron chi connectivity index (χ2n) is 15.1. The molecule has 1 fully saturated rings. The van der Waals surface area contributed by atoms with Crippen molar-refractivity contribution in [1.29, 1.82) is 0 Å². The predicted octanol–water partition coefficient (Wildman–Crippen LogP) is 7.50. The van der Waals surface area contributed by atoms with Crippen molar-refractivity contribution >= 4 is 40.1 Å². The third-order valence-electron chi connectivity index (χ3n) is 10.4. The lowest BCUT2D eigenvalue weighted by Gasteiger charge is -2.34. The van der Waals surface area contributed by atoms with Gasteiger partial charge in [0.1, 0.15) is 40.9 Å². The molecule has 310 valence electrons. The van der Waals surface area contributed by atoms with Gasteiger partial charge in [-0.1, -0.05) is 23.6 Å². The number of halogens is 7. The van der Waals surface area contributed by atoms with Crippen LogP contribution in [0.1, 0.15) is 85.4 Å². The Morgan fingerprint density at radius 3 is 2.41 bits per heavy atom. The molecule has 3 N–H and O–H groups in total. The summed E-state index contributed by atoms with van der Waals surface area (Å²) in [6.45, 7) is 2.16. The van der Waals surface area contributed by atoms with Gasteiger partial charge < -0.3 is 20.5 Å². The fraction of sp³-hybridized carbons (Fsp3) is 0.390. The highest BCUT2D eigenvalue weighted by atomic mass is 35.5. The zero-order valence-electron chi connectivity index (χ0n) is 32.1. The number of pyridine rings is 1. The van der Waals surface area contributed by atoms with Gasteiger partial charge in [0.2, 0.25) is 11.8 Å². The van der Waals surface area contributed by atoms with Crippen LogP contribution in [0.25, 0.3) is 22.0 Å². The molecule has 1 saturated carbocycles. The van der Waals surface area contributed by atoms with Gasteiger partial charge in [-0.15, -0.1) is 0 Å². The Hall–Kier alpha value is -5.44. The number of aliphatic hydroxyl groups is 1. The van der Waals surface area contributed by atoms with E-state index in [-0.39, 0.29) is 65.6 Å². The molecule has 2 amide bonds. The maximum atomic E-state index is 15.7. The molecule has 2 aliphatic rings. The maximum Gasteiger partial charge on any atom is 0.293 e. The number of nitrogens with one attached hydrogen (secondary N) is 2. The molecule has 2 aliphatic carbocycles. The van der Waals surface area contributed by atoms with E-state index in [1.165, 1.54) is 31.7 Å². The zero-order valence-corrected chi connectivity index (χ0v) is 32.9. The molecule has 3 heterocycles. The van der Waals surface area contributed by atoms with Crippen molar-refractivity contribution < 1.29 is 45.8 Å². The summed E-state index contributed by atoms with van der Waals surface area (Å²) in [7, 11) is 3.06. The summed E-state index contributed by atoms with van der Waals surface area (Å²) in [5, 5.41) is 24.7. The molecular formula is C41H38ClF6N7O4. The smallest absolute Gasteiger partial charge is 0.293 e. The Morgan fingerprint density at radius 1 is 1.05 bits per heavy atom. The molecule has 5 aromatic rings. The Balaban J connectivity index is 1.37. The maximum absolute atomic E-state index is 15.7. The fourth-order valence-corrected chi connectivity index (χ4v) is 8.07. The van der Waals surface area contributed by atoms with Gasteiger partial charge in [-0.25, -0.2) is 22.5 Å². The summed E-state index contributed by atoms with van der Waals surface area (Å²) in [6.07, 6.45) is -3.04. The molecule has 1 unspecified atom stereocenters. The summed E-state index contributed by atoms with van der Waals surface area (Å²) in [4.78, 5) is 31.5. The summed E-state index contributed by atoms with van der Waals surface area (Å²) in [6, 6.07) is 7.82. The number of hydrogen-bond donors (Lipinski definition) is 3. The molecule has 18 heteroatoms.